The van der Waals surface area contributed by atoms with Crippen molar-refractivity contribution in [3.05, 3.63) is 46.8 Å². The molecule has 96 valence electrons. The normalized spacial score (nSPS) is 12.4. The Bertz CT molecular complexity index is 527. The van der Waals surface area contributed by atoms with Crippen LogP contribution in [0.3, 0.4) is 0 Å². The molecule has 0 fully saturated rings. The van der Waals surface area contributed by atoms with Crippen molar-refractivity contribution in [1.82, 2.24) is 4.98 Å². The lowest BCUT2D eigenvalue weighted by molar-refractivity contribution is 0.526. The largest absolute Gasteiger partial charge is 0.432 e. The minimum absolute atomic E-state index is 0.0699. The van der Waals surface area contributed by atoms with Gasteiger partial charge in [-0.2, -0.15) is 4.98 Å². The molecule has 1 heterocycles. The van der Waals surface area contributed by atoms with Gasteiger partial charge in [0.1, 0.15) is 6.26 Å². The number of alkyl halides is 1. The minimum Gasteiger partial charge on any atom is -0.432 e. The first kappa shape index (κ1) is 13.2. The second-order valence-electron chi connectivity index (χ2n) is 4.06. The summed E-state index contributed by atoms with van der Waals surface area (Å²) in [5, 5.41) is 0.737. The van der Waals surface area contributed by atoms with E-state index in [0.717, 1.165) is 16.3 Å². The zero-order chi connectivity index (χ0) is 13.1. The van der Waals surface area contributed by atoms with E-state index in [4.69, 9.17) is 27.6 Å². The molecule has 1 unspecified atom stereocenters. The van der Waals surface area contributed by atoms with Gasteiger partial charge in [0, 0.05) is 12.1 Å². The molecule has 0 spiro atoms. The lowest BCUT2D eigenvalue weighted by Crippen LogP contribution is -2.22. The molecule has 0 saturated carbocycles. The van der Waals surface area contributed by atoms with Gasteiger partial charge >= 0.3 is 0 Å². The number of nitrogens with zero attached hydrogens (tertiary/aromatic N) is 2. The van der Waals surface area contributed by atoms with Crippen LogP contribution in [0.5, 0.6) is 0 Å². The van der Waals surface area contributed by atoms with Gasteiger partial charge in [-0.25, -0.2) is 0 Å². The molecule has 1 aromatic heterocycles. The third kappa shape index (κ3) is 2.62. The summed E-state index contributed by atoms with van der Waals surface area (Å²) < 4.78 is 5.39. The van der Waals surface area contributed by atoms with E-state index >= 15 is 0 Å². The van der Waals surface area contributed by atoms with Crippen LogP contribution in [0.2, 0.25) is 5.02 Å². The number of hydrogen-bond acceptors (Lipinski definition) is 3. The molecule has 0 N–H and O–H groups in total. The highest BCUT2D eigenvalue weighted by Crippen LogP contribution is 2.29. The van der Waals surface area contributed by atoms with Crippen LogP contribution in [0, 0.1) is 0 Å². The molecule has 18 heavy (non-hydrogen) atoms. The van der Waals surface area contributed by atoms with Crippen molar-refractivity contribution >= 4 is 29.2 Å². The number of oxazole rings is 1. The van der Waals surface area contributed by atoms with Gasteiger partial charge in [-0.05, 0) is 18.6 Å². The maximum Gasteiger partial charge on any atom is 0.297 e. The van der Waals surface area contributed by atoms with Gasteiger partial charge in [0.2, 0.25) is 0 Å². The number of anilines is 1. The third-order valence-corrected chi connectivity index (χ3v) is 3.53. The fraction of sp³-hybridized carbons (Fsp3) is 0.308. The van der Waals surface area contributed by atoms with Gasteiger partial charge in [0.05, 0.1) is 17.6 Å². The van der Waals surface area contributed by atoms with E-state index in [1.807, 2.05) is 43.1 Å². The van der Waals surface area contributed by atoms with Crippen LogP contribution in [0.15, 0.2) is 34.9 Å². The molecule has 1 atom stereocenters. The predicted molar refractivity (Wildman–Crippen MR) is 74.3 cm³/mol. The van der Waals surface area contributed by atoms with Gasteiger partial charge in [0.15, 0.2) is 0 Å². The maximum absolute atomic E-state index is 6.18. The van der Waals surface area contributed by atoms with Crippen molar-refractivity contribution in [2.24, 2.45) is 0 Å². The molecule has 0 bridgehead atoms. The van der Waals surface area contributed by atoms with Gasteiger partial charge in [-0.1, -0.05) is 29.8 Å². The van der Waals surface area contributed by atoms with E-state index in [2.05, 4.69) is 4.98 Å². The van der Waals surface area contributed by atoms with Crippen molar-refractivity contribution in [2.45, 2.75) is 18.8 Å². The average Bonchev–Trinajstić information content (AvgIpc) is 2.86. The predicted octanol–water partition coefficient (Wildman–Crippen LogP) is 4.26. The Morgan fingerprint density at radius 1 is 1.39 bits per heavy atom. The van der Waals surface area contributed by atoms with E-state index in [1.165, 1.54) is 0 Å². The minimum atomic E-state index is 0.0699. The molecule has 0 aliphatic heterocycles. The zero-order valence-electron chi connectivity index (χ0n) is 10.2. The Labute approximate surface area is 116 Å². The molecule has 1 aromatic carbocycles. The summed E-state index contributed by atoms with van der Waals surface area (Å²) >= 11 is 11.9. The highest BCUT2D eigenvalue weighted by Gasteiger charge is 2.18. The van der Waals surface area contributed by atoms with Crippen molar-refractivity contribution in [2.75, 3.05) is 11.9 Å². The summed E-state index contributed by atoms with van der Waals surface area (Å²) in [6, 6.07) is 8.36. The molecule has 2 aromatic rings. The lowest BCUT2D eigenvalue weighted by Gasteiger charge is -2.24. The van der Waals surface area contributed by atoms with Crippen molar-refractivity contribution in [3.63, 3.8) is 0 Å². The topological polar surface area (TPSA) is 29.3 Å². The summed E-state index contributed by atoms with van der Waals surface area (Å²) in [5.74, 6) is 0.345. The quantitative estimate of drug-likeness (QED) is 0.786. The fourth-order valence-electron chi connectivity index (χ4n) is 1.71. The summed E-state index contributed by atoms with van der Waals surface area (Å²) in [6.07, 6.45) is 1.57. The lowest BCUT2D eigenvalue weighted by atomic mass is 10.1. The van der Waals surface area contributed by atoms with E-state index < -0.39 is 0 Å². The molecule has 2 rings (SSSR count). The van der Waals surface area contributed by atoms with Crippen LogP contribution >= 0.6 is 23.2 Å². The van der Waals surface area contributed by atoms with Gasteiger partial charge in [0.25, 0.3) is 6.01 Å². The highest BCUT2D eigenvalue weighted by atomic mass is 35.5. The van der Waals surface area contributed by atoms with E-state index in [1.54, 1.807) is 6.26 Å². The molecule has 0 aliphatic rings. The van der Waals surface area contributed by atoms with Gasteiger partial charge in [-0.3, -0.25) is 0 Å². The monoisotopic (exact) mass is 284 g/mol. The number of benzene rings is 1. The Morgan fingerprint density at radius 3 is 2.72 bits per heavy atom. The molecule has 5 heteroatoms. The van der Waals surface area contributed by atoms with E-state index in [0.29, 0.717) is 11.9 Å². The number of hydrogen-bond donors (Lipinski definition) is 0. The number of rotatable bonds is 4. The second-order valence-corrected chi connectivity index (χ2v) is 4.74. The maximum atomic E-state index is 6.18. The molecule has 0 radical (unpaired) electrons. The first-order chi connectivity index (χ1) is 8.63. The van der Waals surface area contributed by atoms with Crippen LogP contribution in [-0.2, 0) is 5.88 Å². The van der Waals surface area contributed by atoms with E-state index in [-0.39, 0.29) is 6.04 Å². The highest BCUT2D eigenvalue weighted by molar-refractivity contribution is 6.31. The third-order valence-electron chi connectivity index (χ3n) is 2.91. The Balaban J connectivity index is 2.23. The summed E-state index contributed by atoms with van der Waals surface area (Å²) in [5.41, 5.74) is 1.76. The summed E-state index contributed by atoms with van der Waals surface area (Å²) in [6.45, 7) is 2.05. The van der Waals surface area contributed by atoms with Crippen LogP contribution in [0.4, 0.5) is 6.01 Å². The molecule has 3 nitrogen and oxygen atoms in total. The Morgan fingerprint density at radius 2 is 2.11 bits per heavy atom. The first-order valence-electron chi connectivity index (χ1n) is 5.61. The summed E-state index contributed by atoms with van der Waals surface area (Å²) in [7, 11) is 1.91. The van der Waals surface area contributed by atoms with Crippen LogP contribution in [0.1, 0.15) is 24.2 Å². The van der Waals surface area contributed by atoms with Crippen LogP contribution < -0.4 is 4.90 Å². The van der Waals surface area contributed by atoms with Crippen LogP contribution in [-0.4, -0.2) is 12.0 Å². The molecule has 0 saturated heterocycles. The molecule has 0 amide bonds. The second kappa shape index (κ2) is 5.63. The Kier molecular flexibility index (Phi) is 4.15. The summed E-state index contributed by atoms with van der Waals surface area (Å²) in [4.78, 5) is 6.22. The van der Waals surface area contributed by atoms with Crippen molar-refractivity contribution in [3.8, 4) is 0 Å². The molecular weight excluding hydrogens is 271 g/mol. The van der Waals surface area contributed by atoms with Crippen LogP contribution in [0.25, 0.3) is 0 Å². The van der Waals surface area contributed by atoms with Crippen molar-refractivity contribution in [1.29, 1.82) is 0 Å². The van der Waals surface area contributed by atoms with Gasteiger partial charge in [-0.15, -0.1) is 11.6 Å². The number of halogens is 2. The standard InChI is InChI=1S/C13H14Cl2N2O/c1-9(11-5-3-4-6-12(11)15)17(2)13-16-10(7-14)8-18-13/h3-6,8-9H,7H2,1-2H3. The van der Waals surface area contributed by atoms with Gasteiger partial charge < -0.3 is 9.32 Å². The molecular formula is C13H14Cl2N2O. The molecule has 0 aliphatic carbocycles. The van der Waals surface area contributed by atoms with Crippen molar-refractivity contribution < 1.29 is 4.42 Å². The first-order valence-corrected chi connectivity index (χ1v) is 6.52. The average molecular weight is 285 g/mol. The fourth-order valence-corrected chi connectivity index (χ4v) is 2.12. The SMILES string of the molecule is CC(c1ccccc1Cl)N(C)c1nc(CCl)co1. The Hall–Kier alpha value is -1.19. The zero-order valence-corrected chi connectivity index (χ0v) is 11.7. The van der Waals surface area contributed by atoms with E-state index in [9.17, 15) is 0 Å². The number of aromatic nitrogens is 1. The smallest absolute Gasteiger partial charge is 0.297 e.